The second-order valence-electron chi connectivity index (χ2n) is 4.80. The Balaban J connectivity index is 1.73. The molecule has 1 N–H and O–H groups in total. The lowest BCUT2D eigenvalue weighted by atomic mass is 10.2. The number of benzene rings is 1. The van der Waals surface area contributed by atoms with Crippen molar-refractivity contribution >= 4 is 23.0 Å². The fraction of sp³-hybridized carbons (Fsp3) is 0.308. The second kappa shape index (κ2) is 5.13. The maximum absolute atomic E-state index is 10.8. The van der Waals surface area contributed by atoms with Gasteiger partial charge in [0.2, 0.25) is 0 Å². The topological polar surface area (TPSA) is 73.0 Å². The van der Waals surface area contributed by atoms with Gasteiger partial charge in [-0.15, -0.1) is 0 Å². The summed E-state index contributed by atoms with van der Waals surface area (Å²) < 4.78 is 2.15. The molecule has 0 saturated heterocycles. The Labute approximate surface area is 120 Å². The molecule has 1 aliphatic rings. The van der Waals surface area contributed by atoms with E-state index in [0.29, 0.717) is 18.3 Å². The highest BCUT2D eigenvalue weighted by Crippen LogP contribution is 2.35. The minimum atomic E-state index is -0.484. The van der Waals surface area contributed by atoms with Crippen molar-refractivity contribution in [1.29, 1.82) is 0 Å². The molecule has 7 heteroatoms. The van der Waals surface area contributed by atoms with E-state index in [4.69, 9.17) is 11.6 Å². The van der Waals surface area contributed by atoms with Gasteiger partial charge in [0, 0.05) is 24.0 Å². The van der Waals surface area contributed by atoms with Crippen molar-refractivity contribution in [2.24, 2.45) is 0 Å². The third kappa shape index (κ3) is 2.60. The number of aromatic nitrogens is 2. The van der Waals surface area contributed by atoms with E-state index in [-0.39, 0.29) is 10.7 Å². The lowest BCUT2D eigenvalue weighted by Crippen LogP contribution is -2.06. The zero-order valence-corrected chi connectivity index (χ0v) is 11.4. The normalized spacial score (nSPS) is 14.2. The van der Waals surface area contributed by atoms with Crippen molar-refractivity contribution in [3.8, 4) is 0 Å². The van der Waals surface area contributed by atoms with Crippen LogP contribution >= 0.6 is 11.6 Å². The predicted molar refractivity (Wildman–Crippen MR) is 75.9 cm³/mol. The quantitative estimate of drug-likeness (QED) is 0.677. The molecule has 1 aliphatic carbocycles. The average Bonchev–Trinajstić information content (AvgIpc) is 3.16. The SMILES string of the molecule is O=[N+]([O-])c1cc(NCc2cncn2C2CC2)ccc1Cl. The van der Waals surface area contributed by atoms with E-state index in [9.17, 15) is 10.1 Å². The van der Waals surface area contributed by atoms with Crippen molar-refractivity contribution in [2.45, 2.75) is 25.4 Å². The van der Waals surface area contributed by atoms with Gasteiger partial charge in [0.15, 0.2) is 0 Å². The van der Waals surface area contributed by atoms with E-state index in [1.807, 2.05) is 12.5 Å². The molecule has 0 atom stereocenters. The van der Waals surface area contributed by atoms with Crippen LogP contribution < -0.4 is 5.32 Å². The molecule has 0 aliphatic heterocycles. The van der Waals surface area contributed by atoms with Crippen molar-refractivity contribution < 1.29 is 4.92 Å². The lowest BCUT2D eigenvalue weighted by molar-refractivity contribution is -0.384. The molecule has 1 aromatic heterocycles. The largest absolute Gasteiger partial charge is 0.379 e. The highest BCUT2D eigenvalue weighted by molar-refractivity contribution is 6.32. The minimum absolute atomic E-state index is 0.0904. The molecule has 20 heavy (non-hydrogen) atoms. The Kier molecular flexibility index (Phi) is 3.31. The molecule has 2 aromatic rings. The summed E-state index contributed by atoms with van der Waals surface area (Å²) in [6, 6.07) is 5.27. The maximum atomic E-state index is 10.8. The van der Waals surface area contributed by atoms with Crippen LogP contribution in [0.4, 0.5) is 11.4 Å². The zero-order chi connectivity index (χ0) is 14.1. The third-order valence-electron chi connectivity index (χ3n) is 3.30. The standard InChI is InChI=1S/C13H13ClN4O2/c14-12-4-1-9(5-13(12)18(19)20)16-7-11-6-15-8-17(11)10-2-3-10/h1,4-6,8,10,16H,2-3,7H2. The van der Waals surface area contributed by atoms with Crippen LogP contribution in [0.1, 0.15) is 24.6 Å². The smallest absolute Gasteiger partial charge is 0.289 e. The molecule has 6 nitrogen and oxygen atoms in total. The molecule has 3 rings (SSSR count). The summed E-state index contributed by atoms with van der Waals surface area (Å²) >= 11 is 5.78. The van der Waals surface area contributed by atoms with Gasteiger partial charge < -0.3 is 9.88 Å². The Morgan fingerprint density at radius 2 is 2.30 bits per heavy atom. The average molecular weight is 293 g/mol. The van der Waals surface area contributed by atoms with E-state index in [1.165, 1.54) is 25.0 Å². The Morgan fingerprint density at radius 3 is 3.00 bits per heavy atom. The number of anilines is 1. The van der Waals surface area contributed by atoms with E-state index >= 15 is 0 Å². The van der Waals surface area contributed by atoms with E-state index in [2.05, 4.69) is 14.9 Å². The van der Waals surface area contributed by atoms with Gasteiger partial charge in [-0.1, -0.05) is 11.6 Å². The van der Waals surface area contributed by atoms with Gasteiger partial charge in [-0.25, -0.2) is 4.98 Å². The summed E-state index contributed by atoms with van der Waals surface area (Å²) in [5.41, 5.74) is 1.65. The van der Waals surface area contributed by atoms with Gasteiger partial charge in [0.25, 0.3) is 5.69 Å². The van der Waals surface area contributed by atoms with Crippen LogP contribution in [0.2, 0.25) is 5.02 Å². The highest BCUT2D eigenvalue weighted by atomic mass is 35.5. The number of imidazole rings is 1. The van der Waals surface area contributed by atoms with Gasteiger partial charge in [-0.05, 0) is 25.0 Å². The predicted octanol–water partition coefficient (Wildman–Crippen LogP) is 3.39. The first kappa shape index (κ1) is 12.9. The zero-order valence-electron chi connectivity index (χ0n) is 10.6. The fourth-order valence-corrected chi connectivity index (χ4v) is 2.29. The van der Waals surface area contributed by atoms with Gasteiger partial charge >= 0.3 is 0 Å². The van der Waals surface area contributed by atoms with E-state index < -0.39 is 4.92 Å². The molecule has 0 spiro atoms. The number of nitro groups is 1. The van der Waals surface area contributed by atoms with Gasteiger partial charge in [0.05, 0.1) is 23.5 Å². The minimum Gasteiger partial charge on any atom is -0.379 e. The van der Waals surface area contributed by atoms with Crippen LogP contribution in [-0.2, 0) is 6.54 Å². The van der Waals surface area contributed by atoms with Crippen LogP contribution in [0.15, 0.2) is 30.7 Å². The number of nitrogens with zero attached hydrogens (tertiary/aromatic N) is 3. The first-order chi connectivity index (χ1) is 9.65. The van der Waals surface area contributed by atoms with Crippen molar-refractivity contribution in [3.05, 3.63) is 51.6 Å². The number of hydrogen-bond acceptors (Lipinski definition) is 4. The van der Waals surface area contributed by atoms with Crippen molar-refractivity contribution in [1.82, 2.24) is 9.55 Å². The van der Waals surface area contributed by atoms with Crippen LogP contribution in [0.3, 0.4) is 0 Å². The number of halogens is 1. The van der Waals surface area contributed by atoms with Gasteiger partial charge in [0.1, 0.15) is 5.02 Å². The molecule has 0 amide bonds. The molecule has 0 radical (unpaired) electrons. The Hall–Kier alpha value is -2.08. The molecule has 0 unspecified atom stereocenters. The summed E-state index contributed by atoms with van der Waals surface area (Å²) in [6.07, 6.45) is 6.03. The van der Waals surface area contributed by atoms with Crippen LogP contribution in [0, 0.1) is 10.1 Å². The van der Waals surface area contributed by atoms with Gasteiger partial charge in [-0.3, -0.25) is 10.1 Å². The number of rotatable bonds is 5. The monoisotopic (exact) mass is 292 g/mol. The van der Waals surface area contributed by atoms with Crippen molar-refractivity contribution in [2.75, 3.05) is 5.32 Å². The number of nitrogens with one attached hydrogen (secondary N) is 1. The first-order valence-electron chi connectivity index (χ1n) is 6.33. The molecular weight excluding hydrogens is 280 g/mol. The summed E-state index contributed by atoms with van der Waals surface area (Å²) in [6.45, 7) is 0.579. The highest BCUT2D eigenvalue weighted by Gasteiger charge is 2.25. The first-order valence-corrected chi connectivity index (χ1v) is 6.71. The summed E-state index contributed by atoms with van der Waals surface area (Å²) in [5, 5.41) is 14.1. The van der Waals surface area contributed by atoms with Crippen LogP contribution in [0.25, 0.3) is 0 Å². The Morgan fingerprint density at radius 1 is 1.50 bits per heavy atom. The van der Waals surface area contributed by atoms with E-state index in [1.54, 1.807) is 6.07 Å². The molecule has 1 heterocycles. The second-order valence-corrected chi connectivity index (χ2v) is 5.21. The fourth-order valence-electron chi connectivity index (χ4n) is 2.11. The molecule has 1 saturated carbocycles. The summed E-state index contributed by atoms with van der Waals surface area (Å²) in [4.78, 5) is 14.5. The Bertz CT molecular complexity index is 652. The number of hydrogen-bond donors (Lipinski definition) is 1. The maximum Gasteiger partial charge on any atom is 0.289 e. The van der Waals surface area contributed by atoms with E-state index in [0.717, 1.165) is 5.69 Å². The molecule has 1 fully saturated rings. The van der Waals surface area contributed by atoms with Gasteiger partial charge in [-0.2, -0.15) is 0 Å². The summed E-state index contributed by atoms with van der Waals surface area (Å²) in [5.74, 6) is 0. The number of nitro benzene ring substituents is 1. The molecular formula is C13H13ClN4O2. The molecule has 1 aromatic carbocycles. The molecule has 0 bridgehead atoms. The van der Waals surface area contributed by atoms with Crippen LogP contribution in [-0.4, -0.2) is 14.5 Å². The van der Waals surface area contributed by atoms with Crippen LogP contribution in [0.5, 0.6) is 0 Å². The van der Waals surface area contributed by atoms with Crippen molar-refractivity contribution in [3.63, 3.8) is 0 Å². The molecule has 104 valence electrons. The summed E-state index contributed by atoms with van der Waals surface area (Å²) in [7, 11) is 0. The lowest BCUT2D eigenvalue weighted by Gasteiger charge is -2.09. The third-order valence-corrected chi connectivity index (χ3v) is 3.62.